The van der Waals surface area contributed by atoms with Crippen molar-refractivity contribution in [3.63, 3.8) is 0 Å². The van der Waals surface area contributed by atoms with Gasteiger partial charge in [-0.15, -0.1) is 0 Å². The van der Waals surface area contributed by atoms with Gasteiger partial charge in [-0.1, -0.05) is 23.2 Å². The first-order chi connectivity index (χ1) is 11.0. The molecule has 4 N–H and O–H groups in total. The number of rotatable bonds is 1. The highest BCUT2D eigenvalue weighted by Crippen LogP contribution is 2.37. The number of nitrogens with one attached hydrogen (secondary N) is 2. The molecule has 7 heteroatoms. The molecule has 0 saturated carbocycles. The van der Waals surface area contributed by atoms with Gasteiger partial charge in [0.25, 0.3) is 5.56 Å². The number of aromatic nitrogens is 3. The van der Waals surface area contributed by atoms with Gasteiger partial charge in [-0.2, -0.15) is 5.10 Å². The van der Waals surface area contributed by atoms with E-state index in [0.717, 1.165) is 21.9 Å². The van der Waals surface area contributed by atoms with Crippen LogP contribution in [0.15, 0.2) is 41.3 Å². The van der Waals surface area contributed by atoms with Gasteiger partial charge in [0.05, 0.1) is 11.7 Å². The van der Waals surface area contributed by atoms with E-state index < -0.39 is 0 Å². The zero-order chi connectivity index (χ0) is 16.1. The standard InChI is InChI=1S/C16H10Cl2N4O/c17-7-1-2-12-10(3-7)14(15(19)16(23)21-12)9-4-8(18)5-13-11(9)6-20-22-13/h1-6H,19H2,(H,20,22)(H,21,23). The van der Waals surface area contributed by atoms with Gasteiger partial charge in [0.1, 0.15) is 5.69 Å². The molecule has 4 rings (SSSR count). The molecular formula is C16H10Cl2N4O. The fraction of sp³-hybridized carbons (Fsp3) is 0. The van der Waals surface area contributed by atoms with Gasteiger partial charge in [-0.05, 0) is 35.9 Å². The number of pyridine rings is 1. The Balaban J connectivity index is 2.24. The molecule has 0 atom stereocenters. The fourth-order valence-corrected chi connectivity index (χ4v) is 3.18. The van der Waals surface area contributed by atoms with Crippen LogP contribution in [0, 0.1) is 0 Å². The van der Waals surface area contributed by atoms with Crippen molar-refractivity contribution in [1.29, 1.82) is 0 Å². The second-order valence-corrected chi connectivity index (χ2v) is 6.09. The molecule has 0 saturated heterocycles. The highest BCUT2D eigenvalue weighted by Gasteiger charge is 2.16. The Hall–Kier alpha value is -2.50. The Morgan fingerprint density at radius 3 is 2.65 bits per heavy atom. The maximum absolute atomic E-state index is 12.2. The first-order valence-corrected chi connectivity index (χ1v) is 7.54. The van der Waals surface area contributed by atoms with E-state index in [2.05, 4.69) is 15.2 Å². The quantitative estimate of drug-likeness (QED) is 0.488. The number of fused-ring (bicyclic) bond motifs is 2. The summed E-state index contributed by atoms with van der Waals surface area (Å²) in [5.74, 6) is 0. The summed E-state index contributed by atoms with van der Waals surface area (Å²) in [6, 6.07) is 8.77. The minimum Gasteiger partial charge on any atom is -0.394 e. The summed E-state index contributed by atoms with van der Waals surface area (Å²) in [5, 5.41) is 9.57. The largest absolute Gasteiger partial charge is 0.394 e. The predicted molar refractivity (Wildman–Crippen MR) is 94.1 cm³/mol. The van der Waals surface area contributed by atoms with Crippen molar-refractivity contribution >= 4 is 50.7 Å². The highest BCUT2D eigenvalue weighted by molar-refractivity contribution is 6.32. The van der Waals surface area contributed by atoms with Crippen LogP contribution < -0.4 is 11.3 Å². The van der Waals surface area contributed by atoms with Crippen LogP contribution in [0.4, 0.5) is 5.69 Å². The van der Waals surface area contributed by atoms with Gasteiger partial charge in [0, 0.05) is 31.9 Å². The van der Waals surface area contributed by atoms with Crippen molar-refractivity contribution in [3.05, 3.63) is 56.9 Å². The SMILES string of the molecule is Nc1c(-c2cc(Cl)cc3[nH]ncc23)c2cc(Cl)ccc2[nH]c1=O. The Kier molecular flexibility index (Phi) is 3.07. The number of nitrogens with two attached hydrogens (primary N) is 1. The molecule has 114 valence electrons. The van der Waals surface area contributed by atoms with Crippen molar-refractivity contribution in [2.24, 2.45) is 0 Å². The zero-order valence-electron chi connectivity index (χ0n) is 11.7. The smallest absolute Gasteiger partial charge is 0.272 e. The molecule has 0 bridgehead atoms. The van der Waals surface area contributed by atoms with Gasteiger partial charge >= 0.3 is 0 Å². The number of nitrogen functional groups attached to an aromatic ring is 1. The van der Waals surface area contributed by atoms with E-state index in [-0.39, 0.29) is 11.2 Å². The summed E-state index contributed by atoms with van der Waals surface area (Å²) < 4.78 is 0. The van der Waals surface area contributed by atoms with Gasteiger partial charge < -0.3 is 10.7 Å². The van der Waals surface area contributed by atoms with Crippen LogP contribution >= 0.6 is 23.2 Å². The minimum atomic E-state index is -0.355. The second-order valence-electron chi connectivity index (χ2n) is 5.22. The minimum absolute atomic E-state index is 0.115. The number of hydrogen-bond acceptors (Lipinski definition) is 3. The second kappa shape index (κ2) is 5.01. The molecule has 0 radical (unpaired) electrons. The molecule has 0 aliphatic rings. The van der Waals surface area contributed by atoms with Crippen LogP contribution in [0.1, 0.15) is 0 Å². The van der Waals surface area contributed by atoms with Crippen LogP contribution in [-0.4, -0.2) is 15.2 Å². The first kappa shape index (κ1) is 14.1. The van der Waals surface area contributed by atoms with Crippen molar-refractivity contribution in [3.8, 4) is 11.1 Å². The first-order valence-electron chi connectivity index (χ1n) is 6.78. The number of nitrogens with zero attached hydrogens (tertiary/aromatic N) is 1. The number of halogens is 2. The van der Waals surface area contributed by atoms with Gasteiger partial charge in [0.2, 0.25) is 0 Å². The van der Waals surface area contributed by atoms with Crippen molar-refractivity contribution in [2.75, 3.05) is 5.73 Å². The van der Waals surface area contributed by atoms with Gasteiger partial charge in [-0.3, -0.25) is 9.89 Å². The summed E-state index contributed by atoms with van der Waals surface area (Å²) >= 11 is 12.3. The fourth-order valence-electron chi connectivity index (χ4n) is 2.79. The lowest BCUT2D eigenvalue weighted by atomic mass is 9.97. The van der Waals surface area contributed by atoms with Crippen molar-refractivity contribution in [1.82, 2.24) is 15.2 Å². The van der Waals surface area contributed by atoms with E-state index in [0.29, 0.717) is 21.1 Å². The lowest BCUT2D eigenvalue weighted by Gasteiger charge is -2.12. The molecule has 2 aromatic carbocycles. The molecule has 0 amide bonds. The Morgan fingerprint density at radius 1 is 1.00 bits per heavy atom. The molecule has 4 aromatic rings. The molecule has 0 unspecified atom stereocenters. The molecule has 2 heterocycles. The van der Waals surface area contributed by atoms with Crippen molar-refractivity contribution < 1.29 is 0 Å². The molecule has 2 aromatic heterocycles. The summed E-state index contributed by atoms with van der Waals surface area (Å²) in [6.07, 6.45) is 1.68. The van der Waals surface area contributed by atoms with E-state index >= 15 is 0 Å². The van der Waals surface area contributed by atoms with Crippen molar-refractivity contribution in [2.45, 2.75) is 0 Å². The highest BCUT2D eigenvalue weighted by atomic mass is 35.5. The Labute approximate surface area is 140 Å². The summed E-state index contributed by atoms with van der Waals surface area (Å²) in [6.45, 7) is 0. The van der Waals surface area contributed by atoms with E-state index in [9.17, 15) is 4.79 Å². The number of aromatic amines is 2. The van der Waals surface area contributed by atoms with Crippen LogP contribution in [-0.2, 0) is 0 Å². The predicted octanol–water partition coefficient (Wildman–Crippen LogP) is 3.96. The monoisotopic (exact) mass is 344 g/mol. The number of hydrogen-bond donors (Lipinski definition) is 3. The number of benzene rings is 2. The van der Waals surface area contributed by atoms with E-state index in [4.69, 9.17) is 28.9 Å². The third-order valence-corrected chi connectivity index (χ3v) is 4.26. The lowest BCUT2D eigenvalue weighted by Crippen LogP contribution is -2.13. The zero-order valence-corrected chi connectivity index (χ0v) is 13.2. The molecule has 23 heavy (non-hydrogen) atoms. The molecule has 0 aliphatic heterocycles. The van der Waals surface area contributed by atoms with E-state index in [1.54, 1.807) is 36.5 Å². The molecule has 0 aliphatic carbocycles. The molecule has 5 nitrogen and oxygen atoms in total. The molecule has 0 spiro atoms. The maximum Gasteiger partial charge on any atom is 0.272 e. The normalized spacial score (nSPS) is 11.4. The topological polar surface area (TPSA) is 87.6 Å². The van der Waals surface area contributed by atoms with E-state index in [1.165, 1.54) is 0 Å². The number of H-pyrrole nitrogens is 2. The lowest BCUT2D eigenvalue weighted by molar-refractivity contribution is 1.12. The Morgan fingerprint density at radius 2 is 1.83 bits per heavy atom. The summed E-state index contributed by atoms with van der Waals surface area (Å²) in [5.41, 5.74) is 8.59. The van der Waals surface area contributed by atoms with E-state index in [1.807, 2.05) is 0 Å². The van der Waals surface area contributed by atoms with Crippen LogP contribution in [0.3, 0.4) is 0 Å². The summed E-state index contributed by atoms with van der Waals surface area (Å²) in [4.78, 5) is 15.0. The average molecular weight is 345 g/mol. The maximum atomic E-state index is 12.2. The van der Waals surface area contributed by atoms with Crippen LogP contribution in [0.5, 0.6) is 0 Å². The molecular weight excluding hydrogens is 335 g/mol. The van der Waals surface area contributed by atoms with Gasteiger partial charge in [-0.25, -0.2) is 0 Å². The average Bonchev–Trinajstić information content (AvgIpc) is 2.97. The third-order valence-electron chi connectivity index (χ3n) is 3.81. The summed E-state index contributed by atoms with van der Waals surface area (Å²) in [7, 11) is 0. The third kappa shape index (κ3) is 2.17. The Bertz CT molecular complexity index is 1130. The van der Waals surface area contributed by atoms with Crippen LogP contribution in [0.2, 0.25) is 10.0 Å². The van der Waals surface area contributed by atoms with Crippen LogP contribution in [0.25, 0.3) is 32.9 Å². The molecule has 0 fully saturated rings. The van der Waals surface area contributed by atoms with Gasteiger partial charge in [0.15, 0.2) is 0 Å². The number of anilines is 1.